The predicted molar refractivity (Wildman–Crippen MR) is 223 cm³/mol. The van der Waals surface area contributed by atoms with Crippen molar-refractivity contribution in [2.75, 3.05) is 34.9 Å². The summed E-state index contributed by atoms with van der Waals surface area (Å²) in [5.74, 6) is -1.68. The van der Waals surface area contributed by atoms with Gasteiger partial charge in [0.2, 0.25) is 5.88 Å². The van der Waals surface area contributed by atoms with Crippen molar-refractivity contribution in [1.82, 2.24) is 15.2 Å². The number of aliphatic hydroxyl groups is 4. The van der Waals surface area contributed by atoms with Gasteiger partial charge in [0, 0.05) is 38.1 Å². The zero-order valence-electron chi connectivity index (χ0n) is 38.7. The molecule has 346 valence electrons. The molecule has 0 saturated carbocycles. The Morgan fingerprint density at radius 2 is 1.63 bits per heavy atom. The van der Waals surface area contributed by atoms with Crippen LogP contribution in [0.15, 0.2) is 12.1 Å². The number of likely N-dealkylation sites (N-methyl/N-ethyl adjacent to an activating group) is 2. The largest absolute Gasteiger partial charge is 0.482 e. The van der Waals surface area contributed by atoms with E-state index in [2.05, 4.69) is 10.3 Å². The van der Waals surface area contributed by atoms with Crippen molar-refractivity contribution in [1.29, 1.82) is 0 Å². The smallest absolute Gasteiger partial charge is 0.311 e. The fourth-order valence-electron chi connectivity index (χ4n) is 9.56. The normalized spacial score (nSPS) is 44.3. The molecular weight excluding hydrogens is 778 g/mol. The summed E-state index contributed by atoms with van der Waals surface area (Å²) in [5, 5.41) is 50.7. The number of esters is 1. The Hall–Kier alpha value is -2.22. The molecule has 0 unspecified atom stereocenters. The van der Waals surface area contributed by atoms with Crippen molar-refractivity contribution >= 4 is 5.97 Å². The Morgan fingerprint density at radius 3 is 2.22 bits per heavy atom. The minimum atomic E-state index is -1.82. The lowest BCUT2D eigenvalue weighted by atomic mass is 9.77. The number of carbonyl (C=O) groups is 1. The third-order valence-electron chi connectivity index (χ3n) is 13.4. The van der Waals surface area contributed by atoms with E-state index in [-0.39, 0.29) is 37.3 Å². The van der Waals surface area contributed by atoms with Crippen LogP contribution in [0.4, 0.5) is 0 Å². The van der Waals surface area contributed by atoms with Gasteiger partial charge in [-0.05, 0) is 101 Å². The summed E-state index contributed by atoms with van der Waals surface area (Å²) in [4.78, 5) is 20.9. The Balaban J connectivity index is 1.86. The van der Waals surface area contributed by atoms with E-state index >= 15 is 0 Å². The molecule has 0 radical (unpaired) electrons. The maximum Gasteiger partial charge on any atom is 0.311 e. The highest BCUT2D eigenvalue weighted by molar-refractivity contribution is 5.73. The van der Waals surface area contributed by atoms with Gasteiger partial charge >= 0.3 is 5.97 Å². The molecule has 4 heterocycles. The third kappa shape index (κ3) is 11.3. The first-order valence-electron chi connectivity index (χ1n) is 21.7. The quantitative estimate of drug-likeness (QED) is 0.215. The molecular formula is C44H77N3O13. The van der Waals surface area contributed by atoms with Gasteiger partial charge in [0.25, 0.3) is 0 Å². The number of hydrogen-bond donors (Lipinski definition) is 5. The van der Waals surface area contributed by atoms with E-state index in [1.54, 1.807) is 53.9 Å². The minimum Gasteiger partial charge on any atom is -0.482 e. The zero-order chi connectivity index (χ0) is 45.1. The van der Waals surface area contributed by atoms with E-state index < -0.39 is 96.0 Å². The van der Waals surface area contributed by atoms with Crippen LogP contribution in [0.2, 0.25) is 0 Å². The highest BCUT2D eigenvalue weighted by Crippen LogP contribution is 2.40. The number of aryl methyl sites for hydroxylation is 1. The second kappa shape index (κ2) is 20.5. The highest BCUT2D eigenvalue weighted by Gasteiger charge is 2.53. The number of aliphatic hydroxyl groups excluding tert-OH is 2. The monoisotopic (exact) mass is 856 g/mol. The fourth-order valence-corrected chi connectivity index (χ4v) is 9.56. The van der Waals surface area contributed by atoms with Crippen molar-refractivity contribution < 1.29 is 63.1 Å². The van der Waals surface area contributed by atoms with Crippen LogP contribution in [0.5, 0.6) is 11.6 Å². The number of cyclic esters (lactones) is 1. The SMILES string of the molecule is CC[C@H]1OC(=O)[C@H](C)[C@@H](O[C@H]2C[C@@](C)(OC)[C@@H](O)[C@H](C)O2)[C@H](C)[C@@H](O[C@@H]2O[C@H](C)C[C@H](NC)[C@H]2Oc2ccc(OC)nc2C)[C@](C)(O)C[C@@H](C)CN(C)[C@H](C)[C@@H](O)[C@]1(C)O. The number of aromatic nitrogens is 1. The third-order valence-corrected chi connectivity index (χ3v) is 13.4. The summed E-state index contributed by atoms with van der Waals surface area (Å²) in [6.07, 6.45) is -7.89. The van der Waals surface area contributed by atoms with E-state index in [0.717, 1.165) is 0 Å². The summed E-state index contributed by atoms with van der Waals surface area (Å²) in [6, 6.07) is 2.72. The van der Waals surface area contributed by atoms with E-state index in [4.69, 9.17) is 37.9 Å². The number of nitrogens with zero attached hydrogens (tertiary/aromatic N) is 2. The molecule has 5 N–H and O–H groups in total. The van der Waals surface area contributed by atoms with E-state index in [1.165, 1.54) is 14.0 Å². The molecule has 60 heavy (non-hydrogen) atoms. The average molecular weight is 856 g/mol. The summed E-state index contributed by atoms with van der Waals surface area (Å²) >= 11 is 0. The van der Waals surface area contributed by atoms with Crippen molar-refractivity contribution in [3.63, 3.8) is 0 Å². The summed E-state index contributed by atoms with van der Waals surface area (Å²) in [7, 11) is 6.77. The maximum absolute atomic E-state index is 14.4. The number of methoxy groups -OCH3 is 2. The molecule has 3 aliphatic rings. The Labute approximate surface area is 357 Å². The molecule has 3 saturated heterocycles. The van der Waals surface area contributed by atoms with E-state index in [1.807, 2.05) is 53.6 Å². The van der Waals surface area contributed by atoms with Crippen LogP contribution >= 0.6 is 0 Å². The predicted octanol–water partition coefficient (Wildman–Crippen LogP) is 3.36. The van der Waals surface area contributed by atoms with Gasteiger partial charge in [-0.15, -0.1) is 0 Å². The molecule has 18 atom stereocenters. The van der Waals surface area contributed by atoms with Crippen LogP contribution in [0.3, 0.4) is 0 Å². The summed E-state index contributed by atoms with van der Waals surface area (Å²) < 4.78 is 50.7. The van der Waals surface area contributed by atoms with Crippen LogP contribution in [0.25, 0.3) is 0 Å². The number of ether oxygens (including phenoxy) is 8. The molecule has 3 fully saturated rings. The first-order chi connectivity index (χ1) is 27.9. The minimum absolute atomic E-state index is 0.125. The summed E-state index contributed by atoms with van der Waals surface area (Å²) in [5.41, 5.74) is -3.83. The van der Waals surface area contributed by atoms with Crippen molar-refractivity contribution in [3.05, 3.63) is 17.8 Å². The molecule has 0 spiro atoms. The van der Waals surface area contributed by atoms with Crippen LogP contribution in [0.1, 0.15) is 101 Å². The lowest BCUT2D eigenvalue weighted by molar-refractivity contribution is -0.314. The number of pyridine rings is 1. The average Bonchev–Trinajstić information content (AvgIpc) is 3.19. The van der Waals surface area contributed by atoms with Gasteiger partial charge in [-0.1, -0.05) is 20.8 Å². The summed E-state index contributed by atoms with van der Waals surface area (Å²) in [6.45, 7) is 20.1. The van der Waals surface area contributed by atoms with E-state index in [9.17, 15) is 25.2 Å². The van der Waals surface area contributed by atoms with Gasteiger partial charge in [0.15, 0.2) is 18.7 Å². The van der Waals surface area contributed by atoms with Gasteiger partial charge in [-0.25, -0.2) is 4.98 Å². The molecule has 0 aromatic carbocycles. The Bertz CT molecular complexity index is 1540. The molecule has 1 aromatic rings. The van der Waals surface area contributed by atoms with Crippen LogP contribution in [0, 0.1) is 24.7 Å². The number of rotatable bonds is 10. The van der Waals surface area contributed by atoms with Crippen molar-refractivity contribution in [2.45, 2.75) is 192 Å². The van der Waals surface area contributed by atoms with Crippen LogP contribution in [-0.4, -0.2) is 161 Å². The lowest BCUT2D eigenvalue weighted by Crippen LogP contribution is -2.61. The maximum atomic E-state index is 14.4. The molecule has 16 nitrogen and oxygen atoms in total. The second-order valence-corrected chi connectivity index (χ2v) is 18.6. The first-order valence-corrected chi connectivity index (χ1v) is 21.7. The highest BCUT2D eigenvalue weighted by atomic mass is 16.7. The lowest BCUT2D eigenvalue weighted by Gasteiger charge is -2.48. The van der Waals surface area contributed by atoms with Gasteiger partial charge in [0.1, 0.15) is 29.7 Å². The standard InChI is InChI=1S/C44H77N3O13/c1-16-32-44(11,52)37(48)28(7)47(13)22-23(2)20-42(9,51)39(25(4)35(26(5)40(50)58-32)59-34-21-43(10,54-15)38(49)29(8)56-34)60-41-36(30(45-12)19-24(3)55-41)57-31-17-18-33(53-14)46-27(31)6/h17-18,23-26,28-30,32,34-39,41,45,48-49,51-52H,16,19-22H2,1-15H3/t23-,24-,25+,26-,28-,29+,30+,32-,34+,35+,36-,37-,38+,39-,41+,42-,43-,44-/m1/s1. The fraction of sp³-hybridized carbons (Fsp3) is 0.864. The Kier molecular flexibility index (Phi) is 17.2. The number of nitrogens with one attached hydrogen (secondary N) is 1. The topological polar surface area (TPSA) is 200 Å². The van der Waals surface area contributed by atoms with Crippen molar-refractivity contribution in [3.8, 4) is 11.6 Å². The first kappa shape index (κ1) is 50.4. The van der Waals surface area contributed by atoms with Gasteiger partial charge in [0.05, 0.1) is 60.4 Å². The molecule has 0 bridgehead atoms. The molecule has 1 aromatic heterocycles. The second-order valence-electron chi connectivity index (χ2n) is 18.6. The number of carbonyl (C=O) groups excluding carboxylic acids is 1. The molecule has 0 amide bonds. The van der Waals surface area contributed by atoms with E-state index in [0.29, 0.717) is 30.3 Å². The van der Waals surface area contributed by atoms with Crippen molar-refractivity contribution in [2.24, 2.45) is 17.8 Å². The van der Waals surface area contributed by atoms with Gasteiger partial charge in [-0.2, -0.15) is 0 Å². The molecule has 0 aliphatic carbocycles. The Morgan fingerprint density at radius 1 is 0.967 bits per heavy atom. The molecule has 3 aliphatic heterocycles. The molecule has 16 heteroatoms. The van der Waals surface area contributed by atoms with Gasteiger partial charge < -0.3 is 68.5 Å². The number of hydrogen-bond acceptors (Lipinski definition) is 16. The van der Waals surface area contributed by atoms with Crippen LogP contribution in [-0.2, 0) is 33.2 Å². The molecule has 4 rings (SSSR count). The zero-order valence-corrected chi connectivity index (χ0v) is 38.7. The van der Waals surface area contributed by atoms with Gasteiger partial charge in [-0.3, -0.25) is 4.79 Å². The van der Waals surface area contributed by atoms with Crippen LogP contribution < -0.4 is 14.8 Å².